The maximum absolute atomic E-state index is 14.3. The molecule has 0 amide bonds. The molecule has 0 unspecified atom stereocenters. The van der Waals surface area contributed by atoms with Crippen LogP contribution in [0.1, 0.15) is 5.56 Å². The maximum Gasteiger partial charge on any atom is 0.238 e. The van der Waals surface area contributed by atoms with Crippen molar-refractivity contribution >= 4 is 10.0 Å². The summed E-state index contributed by atoms with van der Waals surface area (Å²) >= 11 is 0. The highest BCUT2D eigenvalue weighted by Gasteiger charge is 2.20. The van der Waals surface area contributed by atoms with E-state index in [2.05, 4.69) is 4.98 Å². The van der Waals surface area contributed by atoms with Crippen LogP contribution in [-0.4, -0.2) is 32.7 Å². The average Bonchev–Trinajstić information content (AvgIpc) is 2.72. The third kappa shape index (κ3) is 4.11. The zero-order valence-electron chi connectivity index (χ0n) is 16.0. The van der Waals surface area contributed by atoms with Crippen LogP contribution in [0.3, 0.4) is 0 Å². The smallest absolute Gasteiger partial charge is 0.238 e. The van der Waals surface area contributed by atoms with E-state index in [-0.39, 0.29) is 22.0 Å². The molecule has 7 nitrogen and oxygen atoms in total. The largest absolute Gasteiger partial charge is 0.491 e. The molecule has 0 aliphatic rings. The van der Waals surface area contributed by atoms with Crippen LogP contribution >= 0.6 is 0 Å². The van der Waals surface area contributed by atoms with E-state index in [4.69, 9.17) is 14.6 Å². The van der Waals surface area contributed by atoms with Gasteiger partial charge in [-0.3, -0.25) is 0 Å². The Morgan fingerprint density at radius 3 is 2.07 bits per heavy atom. The van der Waals surface area contributed by atoms with Gasteiger partial charge in [-0.15, -0.1) is 0 Å². The number of benzene rings is 2. The van der Waals surface area contributed by atoms with Crippen LogP contribution in [0, 0.1) is 11.6 Å². The molecule has 0 bridgehead atoms. The quantitative estimate of drug-likeness (QED) is 0.615. The van der Waals surface area contributed by atoms with Crippen molar-refractivity contribution in [2.45, 2.75) is 11.5 Å². The molecule has 10 heteroatoms. The first-order chi connectivity index (χ1) is 14.2. The van der Waals surface area contributed by atoms with Gasteiger partial charge in [0.2, 0.25) is 15.9 Å². The molecule has 0 saturated heterocycles. The lowest BCUT2D eigenvalue weighted by molar-refractivity contribution is 0.271. The van der Waals surface area contributed by atoms with Crippen molar-refractivity contribution in [1.82, 2.24) is 4.98 Å². The van der Waals surface area contributed by atoms with Gasteiger partial charge >= 0.3 is 0 Å². The Labute approximate surface area is 171 Å². The number of pyridine rings is 1. The zero-order chi connectivity index (χ0) is 22.1. The van der Waals surface area contributed by atoms with Gasteiger partial charge in [0, 0.05) is 16.7 Å². The Morgan fingerprint density at radius 1 is 1.00 bits per heavy atom. The zero-order valence-corrected chi connectivity index (χ0v) is 16.8. The SMILES string of the molecule is COc1nc(-c2cc(F)c(OC)c(F)c2)c(-c2ccc(S(N)(=O)=O)cc2)cc1CO. The molecule has 0 atom stereocenters. The molecule has 3 aromatic rings. The molecule has 30 heavy (non-hydrogen) atoms. The van der Waals surface area contributed by atoms with E-state index < -0.39 is 34.0 Å². The first-order valence-corrected chi connectivity index (χ1v) is 10.1. The standard InChI is InChI=1S/C20H18F2N2O5S/c1-28-19-16(21)8-12(9-17(19)22)18-15(7-13(10-25)20(24-18)29-2)11-3-5-14(6-4-11)30(23,26)27/h3-9,25H,10H2,1-2H3,(H2,23,26,27). The van der Waals surface area contributed by atoms with Crippen molar-refractivity contribution in [3.63, 3.8) is 0 Å². The van der Waals surface area contributed by atoms with Gasteiger partial charge < -0.3 is 14.6 Å². The van der Waals surface area contributed by atoms with Gasteiger partial charge in [-0.25, -0.2) is 27.3 Å². The minimum absolute atomic E-state index is 0.0778. The molecule has 0 aliphatic carbocycles. The summed E-state index contributed by atoms with van der Waals surface area (Å²) in [6.07, 6.45) is 0. The average molecular weight is 436 g/mol. The maximum atomic E-state index is 14.3. The van der Waals surface area contributed by atoms with Gasteiger partial charge in [-0.2, -0.15) is 0 Å². The number of rotatable bonds is 6. The summed E-state index contributed by atoms with van der Waals surface area (Å²) in [6, 6.07) is 9.22. The van der Waals surface area contributed by atoms with Crippen LogP contribution in [-0.2, 0) is 16.6 Å². The number of primary sulfonamides is 1. The summed E-state index contributed by atoms with van der Waals surface area (Å²) in [6.45, 7) is -0.399. The van der Waals surface area contributed by atoms with E-state index in [1.165, 1.54) is 31.4 Å². The van der Waals surface area contributed by atoms with E-state index in [0.29, 0.717) is 16.7 Å². The van der Waals surface area contributed by atoms with Crippen molar-refractivity contribution in [2.75, 3.05) is 14.2 Å². The lowest BCUT2D eigenvalue weighted by Gasteiger charge is -2.15. The van der Waals surface area contributed by atoms with Crippen molar-refractivity contribution in [3.8, 4) is 34.0 Å². The Morgan fingerprint density at radius 2 is 1.60 bits per heavy atom. The van der Waals surface area contributed by atoms with Gasteiger partial charge in [-0.05, 0) is 35.9 Å². The molecule has 1 heterocycles. The van der Waals surface area contributed by atoms with Crippen molar-refractivity contribution in [1.29, 1.82) is 0 Å². The number of hydrogen-bond acceptors (Lipinski definition) is 6. The summed E-state index contributed by atoms with van der Waals surface area (Å²) in [7, 11) is -1.40. The van der Waals surface area contributed by atoms with E-state index in [1.807, 2.05) is 0 Å². The fraction of sp³-hybridized carbons (Fsp3) is 0.150. The number of methoxy groups -OCH3 is 2. The minimum Gasteiger partial charge on any atom is -0.491 e. The number of sulfonamides is 1. The lowest BCUT2D eigenvalue weighted by atomic mass is 9.97. The molecule has 1 aromatic heterocycles. The monoisotopic (exact) mass is 436 g/mol. The van der Waals surface area contributed by atoms with E-state index in [9.17, 15) is 22.3 Å². The fourth-order valence-electron chi connectivity index (χ4n) is 2.98. The van der Waals surface area contributed by atoms with Crippen LogP contribution in [0.2, 0.25) is 0 Å². The highest BCUT2D eigenvalue weighted by molar-refractivity contribution is 7.89. The summed E-state index contributed by atoms with van der Waals surface area (Å²) in [5, 5.41) is 14.8. The molecule has 2 aromatic carbocycles. The van der Waals surface area contributed by atoms with Crippen LogP contribution in [0.25, 0.3) is 22.4 Å². The third-order valence-corrected chi connectivity index (χ3v) is 5.32. The predicted molar refractivity (Wildman–Crippen MR) is 105 cm³/mol. The Hall–Kier alpha value is -3.08. The van der Waals surface area contributed by atoms with Crippen molar-refractivity contribution in [2.24, 2.45) is 5.14 Å². The second kappa shape index (κ2) is 8.34. The first kappa shape index (κ1) is 21.6. The number of aliphatic hydroxyl groups is 1. The number of nitrogens with two attached hydrogens (primary N) is 1. The fourth-order valence-corrected chi connectivity index (χ4v) is 3.50. The predicted octanol–water partition coefficient (Wildman–Crippen LogP) is 2.85. The van der Waals surface area contributed by atoms with Crippen molar-refractivity contribution < 1.29 is 31.8 Å². The summed E-state index contributed by atoms with van der Waals surface area (Å²) < 4.78 is 61.5. The highest BCUT2D eigenvalue weighted by atomic mass is 32.2. The second-order valence-corrected chi connectivity index (χ2v) is 7.82. The molecule has 3 rings (SSSR count). The molecular weight excluding hydrogens is 418 g/mol. The Balaban J connectivity index is 2.27. The molecular formula is C20H18F2N2O5S. The summed E-state index contributed by atoms with van der Waals surface area (Å²) in [5.74, 6) is -2.30. The van der Waals surface area contributed by atoms with Crippen LogP contribution < -0.4 is 14.6 Å². The second-order valence-electron chi connectivity index (χ2n) is 6.25. The third-order valence-electron chi connectivity index (χ3n) is 4.40. The molecule has 0 saturated carbocycles. The topological polar surface area (TPSA) is 112 Å². The van der Waals surface area contributed by atoms with Gasteiger partial charge in [0.15, 0.2) is 17.4 Å². The van der Waals surface area contributed by atoms with E-state index in [1.54, 1.807) is 6.07 Å². The number of aromatic nitrogens is 1. The van der Waals surface area contributed by atoms with Crippen LogP contribution in [0.5, 0.6) is 11.6 Å². The molecule has 158 valence electrons. The highest BCUT2D eigenvalue weighted by Crippen LogP contribution is 2.37. The number of nitrogens with zero attached hydrogens (tertiary/aromatic N) is 1. The minimum atomic E-state index is -3.90. The molecule has 0 spiro atoms. The summed E-state index contributed by atoms with van der Waals surface area (Å²) in [4.78, 5) is 4.22. The number of aliphatic hydroxyl groups excluding tert-OH is 1. The summed E-state index contributed by atoms with van der Waals surface area (Å²) in [5.41, 5.74) is 1.47. The Kier molecular flexibility index (Phi) is 6.01. The van der Waals surface area contributed by atoms with E-state index >= 15 is 0 Å². The molecule has 0 fully saturated rings. The number of ether oxygens (including phenoxy) is 2. The van der Waals surface area contributed by atoms with Crippen molar-refractivity contribution in [3.05, 3.63) is 59.7 Å². The molecule has 0 aliphatic heterocycles. The molecule has 3 N–H and O–H groups in total. The van der Waals surface area contributed by atoms with Crippen LogP contribution in [0.4, 0.5) is 8.78 Å². The van der Waals surface area contributed by atoms with Gasteiger partial charge in [-0.1, -0.05) is 12.1 Å². The van der Waals surface area contributed by atoms with Crippen LogP contribution in [0.15, 0.2) is 47.4 Å². The van der Waals surface area contributed by atoms with Gasteiger partial charge in [0.1, 0.15) is 0 Å². The first-order valence-electron chi connectivity index (χ1n) is 8.55. The number of hydrogen-bond donors (Lipinski definition) is 2. The molecule has 0 radical (unpaired) electrons. The lowest BCUT2D eigenvalue weighted by Crippen LogP contribution is -2.11. The normalized spacial score (nSPS) is 11.4. The van der Waals surface area contributed by atoms with Gasteiger partial charge in [0.25, 0.3) is 0 Å². The van der Waals surface area contributed by atoms with Gasteiger partial charge in [0.05, 0.1) is 31.4 Å². The number of halogens is 2. The Bertz CT molecular complexity index is 1180. The van der Waals surface area contributed by atoms with E-state index in [0.717, 1.165) is 19.2 Å².